The van der Waals surface area contributed by atoms with Gasteiger partial charge in [0.25, 0.3) is 0 Å². The first-order valence-electron chi connectivity index (χ1n) is 5.22. The van der Waals surface area contributed by atoms with Crippen LogP contribution in [0.25, 0.3) is 0 Å². The second-order valence-electron chi connectivity index (χ2n) is 3.77. The Hall–Kier alpha value is -1.26. The normalized spacial score (nSPS) is 10.4. The van der Waals surface area contributed by atoms with Gasteiger partial charge in [-0.05, 0) is 45.8 Å². The van der Waals surface area contributed by atoms with Crippen molar-refractivity contribution in [3.05, 3.63) is 57.3 Å². The number of phenolic OH excluding ortho intramolecular Hbond substituents is 1. The minimum atomic E-state index is -0.461. The summed E-state index contributed by atoms with van der Waals surface area (Å²) < 4.78 is 13.8. The second-order valence-corrected chi connectivity index (χ2v) is 4.97. The van der Waals surface area contributed by atoms with Gasteiger partial charge in [0.05, 0.1) is 15.2 Å². The molecule has 2 nitrogen and oxygen atoms in total. The molecule has 0 atom stereocenters. The van der Waals surface area contributed by atoms with Gasteiger partial charge >= 0.3 is 0 Å². The fourth-order valence-electron chi connectivity index (χ4n) is 1.57. The van der Waals surface area contributed by atoms with Crippen LogP contribution in [0.2, 0.25) is 5.02 Å². The van der Waals surface area contributed by atoms with Crippen molar-refractivity contribution in [3.8, 4) is 5.75 Å². The smallest absolute Gasteiger partial charge is 0.127 e. The molecule has 0 saturated carbocycles. The lowest BCUT2D eigenvalue weighted by molar-refractivity contribution is 0.468. The van der Waals surface area contributed by atoms with Gasteiger partial charge in [0.15, 0.2) is 0 Å². The molecule has 0 bridgehead atoms. The molecule has 0 unspecified atom stereocenters. The van der Waals surface area contributed by atoms with E-state index in [2.05, 4.69) is 21.2 Å². The van der Waals surface area contributed by atoms with Crippen molar-refractivity contribution in [1.29, 1.82) is 0 Å². The molecule has 0 aliphatic rings. The fraction of sp³-hybridized carbons (Fsp3) is 0.0769. The van der Waals surface area contributed by atoms with E-state index in [-0.39, 0.29) is 5.75 Å². The van der Waals surface area contributed by atoms with Gasteiger partial charge in [-0.2, -0.15) is 0 Å². The Morgan fingerprint density at radius 1 is 1.28 bits per heavy atom. The highest BCUT2D eigenvalue weighted by Gasteiger charge is 2.04. The molecular weight excluding hydrogens is 321 g/mol. The van der Waals surface area contributed by atoms with Gasteiger partial charge in [0.2, 0.25) is 0 Å². The highest BCUT2D eigenvalue weighted by molar-refractivity contribution is 9.10. The van der Waals surface area contributed by atoms with E-state index in [9.17, 15) is 9.50 Å². The molecule has 94 valence electrons. The monoisotopic (exact) mass is 329 g/mol. The highest BCUT2D eigenvalue weighted by atomic mass is 79.9. The van der Waals surface area contributed by atoms with Crippen LogP contribution in [0, 0.1) is 5.82 Å². The van der Waals surface area contributed by atoms with E-state index >= 15 is 0 Å². The standard InChI is InChI=1S/C13H10BrClFNO/c14-13-11(15)2-1-3-12(13)17-7-8-4-9(16)6-10(18)5-8/h1-6,17-18H,7H2. The summed E-state index contributed by atoms with van der Waals surface area (Å²) in [6, 6.07) is 9.39. The number of rotatable bonds is 3. The molecule has 0 aromatic heterocycles. The van der Waals surface area contributed by atoms with Gasteiger partial charge in [-0.1, -0.05) is 17.7 Å². The molecule has 2 rings (SSSR count). The molecule has 2 N–H and O–H groups in total. The molecule has 2 aromatic carbocycles. The first-order valence-corrected chi connectivity index (χ1v) is 6.39. The number of benzene rings is 2. The maximum Gasteiger partial charge on any atom is 0.127 e. The van der Waals surface area contributed by atoms with Crippen LogP contribution in [0.3, 0.4) is 0 Å². The first kappa shape index (κ1) is 13.2. The number of hydrogen-bond donors (Lipinski definition) is 2. The van der Waals surface area contributed by atoms with E-state index in [0.717, 1.165) is 16.2 Å². The number of halogens is 3. The molecule has 0 heterocycles. The summed E-state index contributed by atoms with van der Waals surface area (Å²) in [5, 5.41) is 13.0. The van der Waals surface area contributed by atoms with Crippen molar-refractivity contribution in [2.75, 3.05) is 5.32 Å². The summed E-state index contributed by atoms with van der Waals surface area (Å²) in [4.78, 5) is 0. The SMILES string of the molecule is Oc1cc(F)cc(CNc2cccc(Cl)c2Br)c1. The number of phenols is 1. The van der Waals surface area contributed by atoms with Crippen LogP contribution in [0.4, 0.5) is 10.1 Å². The fourth-order valence-corrected chi connectivity index (χ4v) is 2.15. The molecule has 0 radical (unpaired) electrons. The van der Waals surface area contributed by atoms with Crippen molar-refractivity contribution in [1.82, 2.24) is 0 Å². The van der Waals surface area contributed by atoms with E-state index < -0.39 is 5.82 Å². The number of hydrogen-bond acceptors (Lipinski definition) is 2. The Balaban J connectivity index is 2.14. The third kappa shape index (κ3) is 3.15. The van der Waals surface area contributed by atoms with Gasteiger partial charge in [-0.15, -0.1) is 0 Å². The molecule has 0 saturated heterocycles. The topological polar surface area (TPSA) is 32.3 Å². The summed E-state index contributed by atoms with van der Waals surface area (Å²) in [5.41, 5.74) is 1.46. The van der Waals surface area contributed by atoms with Crippen molar-refractivity contribution in [2.24, 2.45) is 0 Å². The third-order valence-electron chi connectivity index (χ3n) is 2.38. The third-order valence-corrected chi connectivity index (χ3v) is 3.77. The zero-order valence-electron chi connectivity index (χ0n) is 9.25. The van der Waals surface area contributed by atoms with Crippen LogP contribution in [-0.4, -0.2) is 5.11 Å². The van der Waals surface area contributed by atoms with Crippen LogP contribution in [-0.2, 0) is 6.54 Å². The molecule has 0 aliphatic carbocycles. The van der Waals surface area contributed by atoms with Crippen LogP contribution >= 0.6 is 27.5 Å². The zero-order chi connectivity index (χ0) is 13.1. The average molecular weight is 331 g/mol. The van der Waals surface area contributed by atoms with E-state index in [1.165, 1.54) is 12.1 Å². The maximum absolute atomic E-state index is 13.1. The van der Waals surface area contributed by atoms with E-state index in [0.29, 0.717) is 17.1 Å². The van der Waals surface area contributed by atoms with Gasteiger partial charge < -0.3 is 10.4 Å². The lowest BCUT2D eigenvalue weighted by Crippen LogP contribution is -2.00. The first-order chi connectivity index (χ1) is 8.56. The zero-order valence-corrected chi connectivity index (χ0v) is 11.6. The van der Waals surface area contributed by atoms with Crippen molar-refractivity contribution >= 4 is 33.2 Å². The van der Waals surface area contributed by atoms with Crippen molar-refractivity contribution in [3.63, 3.8) is 0 Å². The van der Waals surface area contributed by atoms with Gasteiger partial charge in [0, 0.05) is 12.6 Å². The Morgan fingerprint density at radius 2 is 2.06 bits per heavy atom. The molecule has 18 heavy (non-hydrogen) atoms. The molecular formula is C13H10BrClFNO. The summed E-state index contributed by atoms with van der Waals surface area (Å²) in [6.07, 6.45) is 0. The minimum absolute atomic E-state index is 0.0861. The maximum atomic E-state index is 13.1. The van der Waals surface area contributed by atoms with Gasteiger partial charge in [-0.25, -0.2) is 4.39 Å². The van der Waals surface area contributed by atoms with E-state index in [1.54, 1.807) is 6.07 Å². The van der Waals surface area contributed by atoms with E-state index in [4.69, 9.17) is 11.6 Å². The Kier molecular flexibility index (Phi) is 4.09. The Morgan fingerprint density at radius 3 is 2.78 bits per heavy atom. The van der Waals surface area contributed by atoms with Crippen molar-refractivity contribution < 1.29 is 9.50 Å². The van der Waals surface area contributed by atoms with Crippen LogP contribution in [0.1, 0.15) is 5.56 Å². The lowest BCUT2D eigenvalue weighted by Gasteiger charge is -2.10. The van der Waals surface area contributed by atoms with E-state index in [1.807, 2.05) is 12.1 Å². The Labute approximate surface area is 118 Å². The van der Waals surface area contributed by atoms with Crippen molar-refractivity contribution in [2.45, 2.75) is 6.54 Å². The molecule has 0 fully saturated rings. The number of anilines is 1. The predicted octanol–water partition coefficient (Wildman–Crippen LogP) is 4.56. The van der Waals surface area contributed by atoms with Crippen LogP contribution in [0.5, 0.6) is 5.75 Å². The molecule has 0 amide bonds. The Bertz CT molecular complexity index is 557. The van der Waals surface area contributed by atoms with Gasteiger partial charge in [-0.3, -0.25) is 0 Å². The minimum Gasteiger partial charge on any atom is -0.508 e. The number of nitrogens with one attached hydrogen (secondary N) is 1. The quantitative estimate of drug-likeness (QED) is 0.864. The van der Waals surface area contributed by atoms with Gasteiger partial charge in [0.1, 0.15) is 11.6 Å². The molecule has 0 spiro atoms. The van der Waals surface area contributed by atoms with Crippen LogP contribution in [0.15, 0.2) is 40.9 Å². The average Bonchev–Trinajstić information content (AvgIpc) is 2.30. The molecule has 2 aromatic rings. The number of aromatic hydroxyl groups is 1. The summed E-state index contributed by atoms with van der Waals surface area (Å²) in [7, 11) is 0. The predicted molar refractivity (Wildman–Crippen MR) is 74.5 cm³/mol. The largest absolute Gasteiger partial charge is 0.508 e. The highest BCUT2D eigenvalue weighted by Crippen LogP contribution is 2.30. The summed E-state index contributed by atoms with van der Waals surface area (Å²) in [5.74, 6) is -0.547. The van der Waals surface area contributed by atoms with Crippen LogP contribution < -0.4 is 5.32 Å². The summed E-state index contributed by atoms with van der Waals surface area (Å²) >= 11 is 9.32. The lowest BCUT2D eigenvalue weighted by atomic mass is 10.2. The second kappa shape index (κ2) is 5.59. The summed E-state index contributed by atoms with van der Waals surface area (Å²) in [6.45, 7) is 0.393. The molecule has 0 aliphatic heterocycles. The molecule has 5 heteroatoms.